The third kappa shape index (κ3) is 2.58. The molecule has 140 valence electrons. The standard InChI is InChI=1S/C21H33NO3/c1-20-8-3-4-16(20)15-6-5-14-10-13(12-19(24)22-25)11-18(23)21(14,2)17(15)7-9-20/h13-17,25H,3-12H2,1-2H3,(H,22,24)/t13?,14?,15-,16-,17+,20-,21-/m0/s1. The van der Waals surface area contributed by atoms with Crippen LogP contribution in [0.5, 0.6) is 0 Å². The highest BCUT2D eigenvalue weighted by Gasteiger charge is 2.60. The van der Waals surface area contributed by atoms with Gasteiger partial charge < -0.3 is 0 Å². The van der Waals surface area contributed by atoms with E-state index < -0.39 is 0 Å². The number of hydrogen-bond donors (Lipinski definition) is 2. The number of carbonyl (C=O) groups excluding carboxylic acids is 2. The molecule has 4 aliphatic carbocycles. The normalized spacial score (nSPS) is 49.1. The summed E-state index contributed by atoms with van der Waals surface area (Å²) < 4.78 is 0. The fraction of sp³-hybridized carbons (Fsp3) is 0.905. The minimum Gasteiger partial charge on any atom is -0.299 e. The van der Waals surface area contributed by atoms with Crippen LogP contribution in [-0.4, -0.2) is 16.9 Å². The first-order valence-corrected chi connectivity index (χ1v) is 10.3. The maximum atomic E-state index is 13.3. The molecule has 2 unspecified atom stereocenters. The summed E-state index contributed by atoms with van der Waals surface area (Å²) in [5.74, 6) is 2.71. The summed E-state index contributed by atoms with van der Waals surface area (Å²) in [5, 5.41) is 8.80. The van der Waals surface area contributed by atoms with Crippen molar-refractivity contribution in [1.29, 1.82) is 0 Å². The van der Waals surface area contributed by atoms with E-state index in [0.29, 0.717) is 29.5 Å². The number of ketones is 1. The number of hydrogen-bond acceptors (Lipinski definition) is 3. The monoisotopic (exact) mass is 347 g/mol. The van der Waals surface area contributed by atoms with Gasteiger partial charge in [0.15, 0.2) is 0 Å². The molecule has 0 saturated heterocycles. The van der Waals surface area contributed by atoms with Gasteiger partial charge >= 0.3 is 0 Å². The Kier molecular flexibility index (Phi) is 4.25. The number of fused-ring (bicyclic) bond motifs is 5. The molecule has 0 radical (unpaired) electrons. The van der Waals surface area contributed by atoms with E-state index in [1.54, 1.807) is 5.48 Å². The van der Waals surface area contributed by atoms with E-state index in [1.165, 1.54) is 38.5 Å². The van der Waals surface area contributed by atoms with Crippen molar-refractivity contribution < 1.29 is 14.8 Å². The molecule has 0 bridgehead atoms. The second-order valence-corrected chi connectivity index (χ2v) is 9.99. The van der Waals surface area contributed by atoms with Crippen LogP contribution in [0.4, 0.5) is 0 Å². The zero-order valence-corrected chi connectivity index (χ0v) is 15.7. The van der Waals surface area contributed by atoms with Crippen molar-refractivity contribution in [2.75, 3.05) is 0 Å². The maximum absolute atomic E-state index is 13.3. The second-order valence-electron chi connectivity index (χ2n) is 9.99. The van der Waals surface area contributed by atoms with Gasteiger partial charge in [0.2, 0.25) is 5.91 Å². The lowest BCUT2D eigenvalue weighted by molar-refractivity contribution is -0.158. The molecule has 4 saturated carbocycles. The average molecular weight is 347 g/mol. The van der Waals surface area contributed by atoms with Gasteiger partial charge in [-0.1, -0.05) is 20.3 Å². The Balaban J connectivity index is 1.56. The van der Waals surface area contributed by atoms with Crippen LogP contribution in [0.3, 0.4) is 0 Å². The third-order valence-electron chi connectivity index (χ3n) is 8.98. The van der Waals surface area contributed by atoms with E-state index in [0.717, 1.165) is 24.7 Å². The van der Waals surface area contributed by atoms with Gasteiger partial charge in [0.1, 0.15) is 5.78 Å². The van der Waals surface area contributed by atoms with Crippen molar-refractivity contribution in [3.05, 3.63) is 0 Å². The highest BCUT2D eigenvalue weighted by molar-refractivity contribution is 5.87. The van der Waals surface area contributed by atoms with Crippen LogP contribution in [0.1, 0.15) is 78.1 Å². The van der Waals surface area contributed by atoms with Crippen LogP contribution in [0.2, 0.25) is 0 Å². The van der Waals surface area contributed by atoms with Crippen molar-refractivity contribution in [3.8, 4) is 0 Å². The molecule has 2 N–H and O–H groups in total. The van der Waals surface area contributed by atoms with Gasteiger partial charge in [-0.15, -0.1) is 0 Å². The number of nitrogens with one attached hydrogen (secondary N) is 1. The topological polar surface area (TPSA) is 66.4 Å². The first-order valence-electron chi connectivity index (χ1n) is 10.3. The van der Waals surface area contributed by atoms with Crippen LogP contribution >= 0.6 is 0 Å². The summed E-state index contributed by atoms with van der Waals surface area (Å²) in [5.41, 5.74) is 2.10. The van der Waals surface area contributed by atoms with E-state index in [1.807, 2.05) is 0 Å². The van der Waals surface area contributed by atoms with Crippen LogP contribution in [0, 0.1) is 40.4 Å². The van der Waals surface area contributed by atoms with Crippen LogP contribution in [-0.2, 0) is 9.59 Å². The number of rotatable bonds is 2. The Bertz CT molecular complexity index is 575. The molecule has 25 heavy (non-hydrogen) atoms. The Morgan fingerprint density at radius 1 is 1.16 bits per heavy atom. The third-order valence-corrected chi connectivity index (χ3v) is 8.98. The first kappa shape index (κ1) is 17.5. The lowest BCUT2D eigenvalue weighted by atomic mass is 9.44. The van der Waals surface area contributed by atoms with Gasteiger partial charge in [-0.2, -0.15) is 0 Å². The number of Topliss-reactive ketones (excluding diaryl/α,β-unsaturated/α-hetero) is 1. The van der Waals surface area contributed by atoms with Crippen LogP contribution < -0.4 is 5.48 Å². The molecule has 0 spiro atoms. The van der Waals surface area contributed by atoms with Gasteiger partial charge in [-0.05, 0) is 80.0 Å². The lowest BCUT2D eigenvalue weighted by Gasteiger charge is -2.59. The molecule has 4 rings (SSSR count). The van der Waals surface area contributed by atoms with Crippen LogP contribution in [0.25, 0.3) is 0 Å². The Morgan fingerprint density at radius 3 is 2.72 bits per heavy atom. The summed E-state index contributed by atoms with van der Waals surface area (Å²) in [7, 11) is 0. The highest BCUT2D eigenvalue weighted by Crippen LogP contribution is 2.65. The quantitative estimate of drug-likeness (QED) is 0.583. The molecule has 0 heterocycles. The minimum absolute atomic E-state index is 0.106. The molecule has 4 heteroatoms. The van der Waals surface area contributed by atoms with Gasteiger partial charge in [0.25, 0.3) is 0 Å². The van der Waals surface area contributed by atoms with Gasteiger partial charge in [0, 0.05) is 18.3 Å². The predicted octanol–water partition coefficient (Wildman–Crippen LogP) is 4.11. The van der Waals surface area contributed by atoms with Gasteiger partial charge in [-0.25, -0.2) is 5.48 Å². The van der Waals surface area contributed by atoms with Crippen molar-refractivity contribution in [3.63, 3.8) is 0 Å². The molecular formula is C21H33NO3. The molecule has 4 aliphatic rings. The molecule has 0 aromatic carbocycles. The summed E-state index contributed by atoms with van der Waals surface area (Å²) in [6.45, 7) is 4.76. The molecule has 0 aromatic heterocycles. The van der Waals surface area contributed by atoms with Crippen molar-refractivity contribution in [2.24, 2.45) is 40.4 Å². The molecule has 4 fully saturated rings. The predicted molar refractivity (Wildman–Crippen MR) is 94.8 cm³/mol. The molecular weight excluding hydrogens is 314 g/mol. The van der Waals surface area contributed by atoms with E-state index in [2.05, 4.69) is 13.8 Å². The van der Waals surface area contributed by atoms with Crippen molar-refractivity contribution in [2.45, 2.75) is 78.1 Å². The Morgan fingerprint density at radius 2 is 1.96 bits per heavy atom. The Labute approximate surface area is 151 Å². The van der Waals surface area contributed by atoms with Crippen LogP contribution in [0.15, 0.2) is 0 Å². The molecule has 1 amide bonds. The smallest absolute Gasteiger partial charge is 0.243 e. The number of carbonyl (C=O) groups is 2. The fourth-order valence-electron chi connectivity index (χ4n) is 7.65. The van der Waals surface area contributed by atoms with Crippen molar-refractivity contribution >= 4 is 11.7 Å². The second kappa shape index (κ2) is 6.07. The zero-order chi connectivity index (χ0) is 17.8. The first-order chi connectivity index (χ1) is 11.9. The average Bonchev–Trinajstić information content (AvgIpc) is 2.98. The van der Waals surface area contributed by atoms with Crippen molar-refractivity contribution in [1.82, 2.24) is 5.48 Å². The van der Waals surface area contributed by atoms with Gasteiger partial charge in [-0.3, -0.25) is 14.8 Å². The molecule has 0 aromatic rings. The van der Waals surface area contributed by atoms with E-state index in [4.69, 9.17) is 5.21 Å². The highest BCUT2D eigenvalue weighted by atomic mass is 16.5. The zero-order valence-electron chi connectivity index (χ0n) is 15.7. The number of hydroxylamine groups is 1. The SMILES string of the molecule is C[C@@]12CCC[C@H]1[C@@H]1CCC3CC(CC(=O)NO)CC(=O)[C@]3(C)[C@@H]1CC2. The summed E-state index contributed by atoms with van der Waals surface area (Å²) in [6.07, 6.45) is 10.8. The Hall–Kier alpha value is -0.900. The maximum Gasteiger partial charge on any atom is 0.243 e. The molecule has 4 nitrogen and oxygen atoms in total. The summed E-state index contributed by atoms with van der Waals surface area (Å²) in [6, 6.07) is 0. The number of amides is 1. The van der Waals surface area contributed by atoms with E-state index >= 15 is 0 Å². The van der Waals surface area contributed by atoms with E-state index in [9.17, 15) is 9.59 Å². The lowest BCUT2D eigenvalue weighted by Crippen LogP contribution is -2.56. The molecule has 7 atom stereocenters. The largest absolute Gasteiger partial charge is 0.299 e. The summed E-state index contributed by atoms with van der Waals surface area (Å²) >= 11 is 0. The van der Waals surface area contributed by atoms with E-state index in [-0.39, 0.29) is 23.7 Å². The van der Waals surface area contributed by atoms with Gasteiger partial charge in [0.05, 0.1) is 0 Å². The minimum atomic E-state index is -0.352. The summed E-state index contributed by atoms with van der Waals surface area (Å²) in [4.78, 5) is 24.8. The molecule has 0 aliphatic heterocycles. The fourth-order valence-corrected chi connectivity index (χ4v) is 7.65.